The molecule has 0 aromatic rings. The first-order valence-corrected chi connectivity index (χ1v) is 6.89. The van der Waals surface area contributed by atoms with E-state index in [-0.39, 0.29) is 11.9 Å². The highest BCUT2D eigenvalue weighted by atomic mass is 16.2. The zero-order chi connectivity index (χ0) is 12.7. The van der Waals surface area contributed by atoms with E-state index in [1.807, 2.05) is 7.05 Å². The molecule has 0 bridgehead atoms. The molecule has 4 heteroatoms. The Bertz CT molecular complexity index is 227. The van der Waals surface area contributed by atoms with Gasteiger partial charge in [0.05, 0.1) is 6.04 Å². The van der Waals surface area contributed by atoms with Crippen molar-refractivity contribution in [2.24, 2.45) is 11.8 Å². The predicted molar refractivity (Wildman–Crippen MR) is 70.2 cm³/mol. The number of carbonyl (C=O) groups excluding carboxylic acids is 1. The van der Waals surface area contributed by atoms with Crippen molar-refractivity contribution in [2.45, 2.75) is 57.9 Å². The van der Waals surface area contributed by atoms with Crippen LogP contribution in [0.2, 0.25) is 0 Å². The van der Waals surface area contributed by atoms with E-state index in [2.05, 4.69) is 17.2 Å². The third-order valence-corrected chi connectivity index (χ3v) is 3.81. The Balaban J connectivity index is 2.45. The van der Waals surface area contributed by atoms with E-state index in [1.165, 1.54) is 32.1 Å². The second kappa shape index (κ2) is 7.67. The molecule has 0 aromatic carbocycles. The van der Waals surface area contributed by atoms with Crippen LogP contribution in [0.25, 0.3) is 0 Å². The van der Waals surface area contributed by atoms with Crippen LogP contribution >= 0.6 is 0 Å². The number of hydrogen-bond acceptors (Lipinski definition) is 3. The minimum absolute atomic E-state index is 0.0508. The molecule has 1 saturated carbocycles. The number of nitrogens with two attached hydrogens (primary N) is 1. The molecule has 1 amide bonds. The average Bonchev–Trinajstić information content (AvgIpc) is 2.36. The summed E-state index contributed by atoms with van der Waals surface area (Å²) in [7, 11) is 2.05. The van der Waals surface area contributed by atoms with Gasteiger partial charge < -0.3 is 0 Å². The SMILES string of the molecule is CCCC(C(=O)NN)N(C)CC1CCCCC1. The van der Waals surface area contributed by atoms with Gasteiger partial charge in [-0.15, -0.1) is 0 Å². The normalized spacial score (nSPS) is 19.3. The lowest BCUT2D eigenvalue weighted by Gasteiger charge is -2.31. The molecule has 17 heavy (non-hydrogen) atoms. The summed E-state index contributed by atoms with van der Waals surface area (Å²) in [6.45, 7) is 3.13. The molecule has 1 aliphatic rings. The maximum atomic E-state index is 11.7. The number of amides is 1. The second-order valence-electron chi connectivity index (χ2n) is 5.26. The van der Waals surface area contributed by atoms with Crippen molar-refractivity contribution in [3.05, 3.63) is 0 Å². The number of nitrogens with zero attached hydrogens (tertiary/aromatic N) is 1. The van der Waals surface area contributed by atoms with E-state index < -0.39 is 0 Å². The molecule has 1 fully saturated rings. The van der Waals surface area contributed by atoms with Gasteiger partial charge >= 0.3 is 0 Å². The minimum Gasteiger partial charge on any atom is -0.295 e. The number of rotatable bonds is 6. The van der Waals surface area contributed by atoms with E-state index in [0.717, 1.165) is 25.3 Å². The molecule has 0 aromatic heterocycles. The summed E-state index contributed by atoms with van der Waals surface area (Å²) in [6.07, 6.45) is 8.59. The fourth-order valence-electron chi connectivity index (χ4n) is 2.83. The molecule has 1 atom stereocenters. The maximum Gasteiger partial charge on any atom is 0.251 e. The summed E-state index contributed by atoms with van der Waals surface area (Å²) >= 11 is 0. The van der Waals surface area contributed by atoms with Crippen LogP contribution in [0.1, 0.15) is 51.9 Å². The first kappa shape index (κ1) is 14.5. The number of likely N-dealkylation sites (N-methyl/N-ethyl adjacent to an activating group) is 1. The summed E-state index contributed by atoms with van der Waals surface area (Å²) < 4.78 is 0. The van der Waals surface area contributed by atoms with Crippen LogP contribution in [0.3, 0.4) is 0 Å². The Morgan fingerprint density at radius 3 is 2.59 bits per heavy atom. The topological polar surface area (TPSA) is 58.4 Å². The predicted octanol–water partition coefficient (Wildman–Crippen LogP) is 1.66. The van der Waals surface area contributed by atoms with Crippen LogP contribution in [0, 0.1) is 5.92 Å². The van der Waals surface area contributed by atoms with Gasteiger partial charge in [0.1, 0.15) is 0 Å². The van der Waals surface area contributed by atoms with Crippen molar-refractivity contribution in [1.29, 1.82) is 0 Å². The minimum atomic E-state index is -0.0630. The van der Waals surface area contributed by atoms with Gasteiger partial charge in [0.15, 0.2) is 0 Å². The summed E-state index contributed by atoms with van der Waals surface area (Å²) in [4.78, 5) is 13.9. The third-order valence-electron chi connectivity index (χ3n) is 3.81. The van der Waals surface area contributed by atoms with Gasteiger partial charge in [-0.25, -0.2) is 5.84 Å². The van der Waals surface area contributed by atoms with E-state index >= 15 is 0 Å². The Labute approximate surface area is 105 Å². The quantitative estimate of drug-likeness (QED) is 0.422. The number of hydrazine groups is 1. The largest absolute Gasteiger partial charge is 0.295 e. The Kier molecular flexibility index (Phi) is 6.52. The zero-order valence-electron chi connectivity index (χ0n) is 11.2. The zero-order valence-corrected chi connectivity index (χ0v) is 11.2. The van der Waals surface area contributed by atoms with Gasteiger partial charge in [-0.2, -0.15) is 0 Å². The highest BCUT2D eigenvalue weighted by Gasteiger charge is 2.24. The van der Waals surface area contributed by atoms with Crippen LogP contribution in [0.5, 0.6) is 0 Å². The summed E-state index contributed by atoms with van der Waals surface area (Å²) in [6, 6.07) is -0.0630. The Morgan fingerprint density at radius 1 is 1.41 bits per heavy atom. The van der Waals surface area contributed by atoms with Crippen LogP contribution in [0.4, 0.5) is 0 Å². The molecule has 1 unspecified atom stereocenters. The lowest BCUT2D eigenvalue weighted by atomic mass is 9.88. The van der Waals surface area contributed by atoms with E-state index in [1.54, 1.807) is 0 Å². The first-order valence-electron chi connectivity index (χ1n) is 6.89. The van der Waals surface area contributed by atoms with Crippen LogP contribution in [-0.4, -0.2) is 30.4 Å². The molecular formula is C13H27N3O. The average molecular weight is 241 g/mol. The number of carbonyl (C=O) groups is 1. The van der Waals surface area contributed by atoms with Crippen LogP contribution < -0.4 is 11.3 Å². The van der Waals surface area contributed by atoms with Crippen LogP contribution in [0.15, 0.2) is 0 Å². The van der Waals surface area contributed by atoms with Crippen molar-refractivity contribution in [3.63, 3.8) is 0 Å². The Morgan fingerprint density at radius 2 is 2.06 bits per heavy atom. The Hall–Kier alpha value is -0.610. The van der Waals surface area contributed by atoms with Gasteiger partial charge in [-0.3, -0.25) is 15.1 Å². The fraction of sp³-hybridized carbons (Fsp3) is 0.923. The molecule has 0 saturated heterocycles. The van der Waals surface area contributed by atoms with E-state index in [0.29, 0.717) is 0 Å². The smallest absolute Gasteiger partial charge is 0.251 e. The van der Waals surface area contributed by atoms with Gasteiger partial charge in [0, 0.05) is 6.54 Å². The molecule has 100 valence electrons. The molecule has 0 radical (unpaired) electrons. The van der Waals surface area contributed by atoms with Crippen molar-refractivity contribution in [3.8, 4) is 0 Å². The summed E-state index contributed by atoms with van der Waals surface area (Å²) in [5.41, 5.74) is 2.29. The third kappa shape index (κ3) is 4.64. The summed E-state index contributed by atoms with van der Waals surface area (Å²) in [5, 5.41) is 0. The molecule has 0 spiro atoms. The molecule has 4 nitrogen and oxygen atoms in total. The van der Waals surface area contributed by atoms with E-state index in [9.17, 15) is 4.79 Å². The highest BCUT2D eigenvalue weighted by molar-refractivity contribution is 5.81. The molecule has 1 aliphatic carbocycles. The van der Waals surface area contributed by atoms with Gasteiger partial charge in [-0.05, 0) is 32.2 Å². The lowest BCUT2D eigenvalue weighted by molar-refractivity contribution is -0.126. The molecule has 1 rings (SSSR count). The molecule has 0 heterocycles. The van der Waals surface area contributed by atoms with Crippen molar-refractivity contribution >= 4 is 5.91 Å². The van der Waals surface area contributed by atoms with Crippen molar-refractivity contribution in [1.82, 2.24) is 10.3 Å². The lowest BCUT2D eigenvalue weighted by Crippen LogP contribution is -2.48. The number of hydrogen-bond donors (Lipinski definition) is 2. The molecule has 3 N–H and O–H groups in total. The molecular weight excluding hydrogens is 214 g/mol. The summed E-state index contributed by atoms with van der Waals surface area (Å²) in [5.74, 6) is 5.96. The number of nitrogens with one attached hydrogen (secondary N) is 1. The van der Waals surface area contributed by atoms with Gasteiger partial charge in [-0.1, -0.05) is 32.6 Å². The highest BCUT2D eigenvalue weighted by Crippen LogP contribution is 2.24. The van der Waals surface area contributed by atoms with E-state index in [4.69, 9.17) is 5.84 Å². The monoisotopic (exact) mass is 241 g/mol. The van der Waals surface area contributed by atoms with Gasteiger partial charge in [0.2, 0.25) is 0 Å². The molecule has 0 aliphatic heterocycles. The van der Waals surface area contributed by atoms with Crippen molar-refractivity contribution < 1.29 is 4.79 Å². The van der Waals surface area contributed by atoms with Crippen LogP contribution in [-0.2, 0) is 4.79 Å². The first-order chi connectivity index (χ1) is 8.19. The van der Waals surface area contributed by atoms with Gasteiger partial charge in [0.25, 0.3) is 5.91 Å². The second-order valence-corrected chi connectivity index (χ2v) is 5.26. The fourth-order valence-corrected chi connectivity index (χ4v) is 2.83. The standard InChI is InChI=1S/C13H27N3O/c1-3-7-12(13(17)15-14)16(2)10-11-8-5-4-6-9-11/h11-12H,3-10,14H2,1-2H3,(H,15,17). The van der Waals surface area contributed by atoms with Crippen molar-refractivity contribution in [2.75, 3.05) is 13.6 Å². The maximum absolute atomic E-state index is 11.7.